The first kappa shape index (κ1) is 19.3. The molecule has 1 heterocycles. The molecule has 1 amide bonds. The van der Waals surface area contributed by atoms with E-state index < -0.39 is 12.1 Å². The molecule has 1 aromatic carbocycles. The molecule has 27 heavy (non-hydrogen) atoms. The number of amides is 1. The van der Waals surface area contributed by atoms with Crippen LogP contribution in [0.3, 0.4) is 0 Å². The lowest BCUT2D eigenvalue weighted by molar-refractivity contribution is -0.159. The van der Waals surface area contributed by atoms with Crippen molar-refractivity contribution in [1.29, 1.82) is 0 Å². The minimum Gasteiger partial charge on any atom is -0.330 e. The van der Waals surface area contributed by atoms with E-state index in [4.69, 9.17) is 5.73 Å². The van der Waals surface area contributed by atoms with E-state index in [2.05, 4.69) is 20.0 Å². The Morgan fingerprint density at radius 3 is 2.41 bits per heavy atom. The second-order valence-corrected chi connectivity index (χ2v) is 6.99. The molecule has 1 aromatic heterocycles. The van der Waals surface area contributed by atoms with Gasteiger partial charge in [0.2, 0.25) is 11.7 Å². The number of benzene rings is 1. The van der Waals surface area contributed by atoms with E-state index in [1.54, 1.807) is 12.1 Å². The van der Waals surface area contributed by atoms with E-state index in [9.17, 15) is 18.0 Å². The van der Waals surface area contributed by atoms with Crippen LogP contribution in [0.2, 0.25) is 0 Å². The van der Waals surface area contributed by atoms with E-state index >= 15 is 0 Å². The van der Waals surface area contributed by atoms with Gasteiger partial charge in [-0.2, -0.15) is 18.2 Å². The van der Waals surface area contributed by atoms with Crippen LogP contribution in [0.4, 0.5) is 18.9 Å². The number of aromatic nitrogens is 2. The van der Waals surface area contributed by atoms with Crippen LogP contribution in [0.1, 0.15) is 44.4 Å². The van der Waals surface area contributed by atoms with Crippen molar-refractivity contribution in [3.8, 4) is 11.4 Å². The number of nitrogens with two attached hydrogens (primary N) is 1. The Morgan fingerprint density at radius 2 is 1.85 bits per heavy atom. The Kier molecular flexibility index (Phi) is 5.50. The summed E-state index contributed by atoms with van der Waals surface area (Å²) in [5, 5.41) is 6.15. The molecule has 0 spiro atoms. The number of halogens is 3. The summed E-state index contributed by atoms with van der Waals surface area (Å²) < 4.78 is 41.8. The molecule has 1 aliphatic rings. The number of carbonyl (C=O) groups excluding carboxylic acids is 1. The molecule has 0 aliphatic heterocycles. The van der Waals surface area contributed by atoms with Crippen LogP contribution in [0.15, 0.2) is 28.8 Å². The summed E-state index contributed by atoms with van der Waals surface area (Å²) in [5.41, 5.74) is 6.68. The number of carbonyl (C=O) groups is 1. The molecule has 3 N–H and O–H groups in total. The van der Waals surface area contributed by atoms with Gasteiger partial charge >= 0.3 is 12.1 Å². The van der Waals surface area contributed by atoms with Crippen molar-refractivity contribution in [2.75, 3.05) is 11.9 Å². The molecule has 6 nitrogen and oxygen atoms in total. The maximum absolute atomic E-state index is 12.5. The van der Waals surface area contributed by atoms with E-state index in [0.29, 0.717) is 24.2 Å². The largest absolute Gasteiger partial charge is 0.471 e. The first-order valence-corrected chi connectivity index (χ1v) is 8.83. The van der Waals surface area contributed by atoms with Crippen LogP contribution in [-0.2, 0) is 11.0 Å². The van der Waals surface area contributed by atoms with Gasteiger partial charge in [0, 0.05) is 17.7 Å². The summed E-state index contributed by atoms with van der Waals surface area (Å²) >= 11 is 0. The predicted octanol–water partition coefficient (Wildman–Crippen LogP) is 3.99. The monoisotopic (exact) mass is 382 g/mol. The minimum atomic E-state index is -4.68. The summed E-state index contributed by atoms with van der Waals surface area (Å²) in [5.74, 6) is -1.67. The Balaban J connectivity index is 1.63. The summed E-state index contributed by atoms with van der Waals surface area (Å²) in [6.45, 7) is 0.485. The summed E-state index contributed by atoms with van der Waals surface area (Å²) in [6, 6.07) is 6.24. The van der Waals surface area contributed by atoms with Crippen molar-refractivity contribution in [2.45, 2.75) is 44.7 Å². The molecule has 0 saturated heterocycles. The molecule has 9 heteroatoms. The Hall–Kier alpha value is -2.42. The van der Waals surface area contributed by atoms with E-state index in [1.165, 1.54) is 18.6 Å². The van der Waals surface area contributed by atoms with Gasteiger partial charge in [-0.15, -0.1) is 0 Å². The third-order valence-corrected chi connectivity index (χ3v) is 4.98. The maximum atomic E-state index is 12.5. The minimum absolute atomic E-state index is 0.117. The van der Waals surface area contributed by atoms with Gasteiger partial charge in [-0.05, 0) is 49.1 Å². The first-order chi connectivity index (χ1) is 12.8. The first-order valence-electron chi connectivity index (χ1n) is 8.83. The third kappa shape index (κ3) is 4.65. The second-order valence-electron chi connectivity index (χ2n) is 6.99. The van der Waals surface area contributed by atoms with Crippen LogP contribution < -0.4 is 11.1 Å². The third-order valence-electron chi connectivity index (χ3n) is 4.98. The van der Waals surface area contributed by atoms with Gasteiger partial charge in [0.25, 0.3) is 0 Å². The lowest BCUT2D eigenvalue weighted by atomic mass is 9.71. The number of hydrogen-bond acceptors (Lipinski definition) is 5. The lowest BCUT2D eigenvalue weighted by Crippen LogP contribution is -2.36. The van der Waals surface area contributed by atoms with E-state index in [0.717, 1.165) is 25.7 Å². The molecular formula is C18H21F3N4O2. The highest BCUT2D eigenvalue weighted by Gasteiger charge is 2.38. The Bertz CT molecular complexity index is 781. The van der Waals surface area contributed by atoms with Crippen LogP contribution >= 0.6 is 0 Å². The number of alkyl halides is 3. The zero-order valence-corrected chi connectivity index (χ0v) is 14.7. The molecule has 0 unspecified atom stereocenters. The van der Waals surface area contributed by atoms with Gasteiger partial charge in [0.05, 0.1) is 0 Å². The van der Waals surface area contributed by atoms with Gasteiger partial charge in [0.1, 0.15) is 0 Å². The molecule has 0 atom stereocenters. The number of nitrogens with zero attached hydrogens (tertiary/aromatic N) is 2. The van der Waals surface area contributed by atoms with Crippen molar-refractivity contribution in [3.63, 3.8) is 0 Å². The second kappa shape index (κ2) is 7.67. The van der Waals surface area contributed by atoms with Gasteiger partial charge in [0.15, 0.2) is 0 Å². The lowest BCUT2D eigenvalue weighted by Gasteiger charge is -2.35. The maximum Gasteiger partial charge on any atom is 0.471 e. The highest BCUT2D eigenvalue weighted by atomic mass is 19.4. The zero-order valence-electron chi connectivity index (χ0n) is 14.7. The number of rotatable bonds is 5. The number of nitrogens with one attached hydrogen (secondary N) is 1. The zero-order chi connectivity index (χ0) is 19.5. The molecule has 146 valence electrons. The predicted molar refractivity (Wildman–Crippen MR) is 92.6 cm³/mol. The molecule has 3 rings (SSSR count). The quantitative estimate of drug-likeness (QED) is 0.815. The molecule has 2 aromatic rings. The molecule has 1 aliphatic carbocycles. The highest BCUT2D eigenvalue weighted by Crippen LogP contribution is 2.38. The van der Waals surface area contributed by atoms with Crippen molar-refractivity contribution in [2.24, 2.45) is 11.1 Å². The fourth-order valence-electron chi connectivity index (χ4n) is 3.46. The fourth-order valence-corrected chi connectivity index (χ4v) is 3.46. The van der Waals surface area contributed by atoms with Gasteiger partial charge in [-0.25, -0.2) is 0 Å². The van der Waals surface area contributed by atoms with Crippen LogP contribution in [0.5, 0.6) is 0 Å². The standard InChI is InChI=1S/C18H21F3N4O2/c19-18(20,21)16-24-15(25-27-16)12-4-6-13(7-5-12)23-14(26)10-17(11-22)8-2-1-3-9-17/h4-7H,1-3,8-11,22H2,(H,23,26). The topological polar surface area (TPSA) is 94.0 Å². The van der Waals surface area contributed by atoms with Crippen molar-refractivity contribution in [1.82, 2.24) is 10.1 Å². The van der Waals surface area contributed by atoms with Crippen LogP contribution in [-0.4, -0.2) is 22.6 Å². The van der Waals surface area contributed by atoms with Crippen LogP contribution in [0.25, 0.3) is 11.4 Å². The molecule has 0 bridgehead atoms. The van der Waals surface area contributed by atoms with Crippen molar-refractivity contribution < 1.29 is 22.5 Å². The summed E-state index contributed by atoms with van der Waals surface area (Å²) in [6.07, 6.45) is 0.942. The van der Waals surface area contributed by atoms with Crippen molar-refractivity contribution >= 4 is 11.6 Å². The average Bonchev–Trinajstić information content (AvgIpc) is 3.13. The number of hydrogen-bond donors (Lipinski definition) is 2. The van der Waals surface area contributed by atoms with Gasteiger partial charge < -0.3 is 15.6 Å². The summed E-state index contributed by atoms with van der Waals surface area (Å²) in [4.78, 5) is 15.7. The van der Waals surface area contributed by atoms with E-state index in [-0.39, 0.29) is 17.1 Å². The molecule has 1 fully saturated rings. The van der Waals surface area contributed by atoms with Crippen LogP contribution in [0, 0.1) is 5.41 Å². The Morgan fingerprint density at radius 1 is 1.19 bits per heavy atom. The SMILES string of the molecule is NCC1(CC(=O)Nc2ccc(-c3noc(C(F)(F)F)n3)cc2)CCCCC1. The summed E-state index contributed by atoms with van der Waals surface area (Å²) in [7, 11) is 0. The number of anilines is 1. The fraction of sp³-hybridized carbons (Fsp3) is 0.500. The van der Waals surface area contributed by atoms with E-state index in [1.807, 2.05) is 0 Å². The smallest absolute Gasteiger partial charge is 0.330 e. The molecular weight excluding hydrogens is 361 g/mol. The highest BCUT2D eigenvalue weighted by molar-refractivity contribution is 5.91. The normalized spacial score (nSPS) is 16.9. The van der Waals surface area contributed by atoms with Gasteiger partial charge in [-0.1, -0.05) is 24.4 Å². The van der Waals surface area contributed by atoms with Crippen molar-refractivity contribution in [3.05, 3.63) is 30.2 Å². The van der Waals surface area contributed by atoms with Gasteiger partial charge in [-0.3, -0.25) is 4.79 Å². The Labute approximate surface area is 154 Å². The molecule has 0 radical (unpaired) electrons. The molecule has 1 saturated carbocycles. The average molecular weight is 382 g/mol.